The summed E-state index contributed by atoms with van der Waals surface area (Å²) in [6.07, 6.45) is 0. The largest absolute Gasteiger partial charge is 0.350 e. The van der Waals surface area contributed by atoms with Crippen LogP contribution < -0.4 is 0 Å². The first-order valence-electron chi connectivity index (χ1n) is 4.60. The van der Waals surface area contributed by atoms with E-state index < -0.39 is 9.84 Å². The number of fused-ring (bicyclic) bond motifs is 1. The van der Waals surface area contributed by atoms with E-state index in [9.17, 15) is 8.42 Å². The quantitative estimate of drug-likeness (QED) is 0.647. The molecule has 0 aromatic carbocycles. The lowest BCUT2D eigenvalue weighted by atomic mass is 10.2. The number of nitrogens with zero attached hydrogens (tertiary/aromatic N) is 1. The van der Waals surface area contributed by atoms with Crippen LogP contribution in [0.4, 0.5) is 0 Å². The Morgan fingerprint density at radius 3 is 2.71 bits per heavy atom. The minimum atomic E-state index is -2.82. The fraction of sp³-hybridized carbons (Fsp3) is 0.875. The minimum Gasteiger partial charge on any atom is -0.350 e. The van der Waals surface area contributed by atoms with Crippen LogP contribution in [0, 0.1) is 0 Å². The van der Waals surface area contributed by atoms with Crippen molar-refractivity contribution < 1.29 is 8.42 Å². The highest BCUT2D eigenvalue weighted by molar-refractivity contribution is 8.24. The second-order valence-corrected chi connectivity index (χ2v) is 8.09. The van der Waals surface area contributed by atoms with Crippen molar-refractivity contribution in [2.45, 2.75) is 31.2 Å². The van der Waals surface area contributed by atoms with Gasteiger partial charge in [-0.2, -0.15) is 0 Å². The number of thiocarbonyl (C=S) groups is 1. The van der Waals surface area contributed by atoms with Crippen molar-refractivity contribution in [3.05, 3.63) is 0 Å². The second kappa shape index (κ2) is 3.35. The van der Waals surface area contributed by atoms with Crippen molar-refractivity contribution in [2.75, 3.05) is 11.5 Å². The van der Waals surface area contributed by atoms with E-state index in [1.807, 2.05) is 0 Å². The summed E-state index contributed by atoms with van der Waals surface area (Å²) in [4.78, 5) is 2.08. The molecule has 0 radical (unpaired) electrons. The van der Waals surface area contributed by atoms with E-state index in [1.165, 1.54) is 0 Å². The third-order valence-corrected chi connectivity index (χ3v) is 6.27. The first-order valence-corrected chi connectivity index (χ1v) is 7.71. The molecule has 80 valence electrons. The van der Waals surface area contributed by atoms with Crippen LogP contribution in [0.2, 0.25) is 0 Å². The van der Waals surface area contributed by atoms with E-state index in [4.69, 9.17) is 12.2 Å². The van der Waals surface area contributed by atoms with E-state index >= 15 is 0 Å². The van der Waals surface area contributed by atoms with Crippen molar-refractivity contribution >= 4 is 38.1 Å². The van der Waals surface area contributed by atoms with Crippen LogP contribution >= 0.6 is 24.0 Å². The molecule has 0 bridgehead atoms. The first-order chi connectivity index (χ1) is 6.41. The number of hydrogen-bond donors (Lipinski definition) is 0. The molecule has 0 saturated carbocycles. The molecule has 14 heavy (non-hydrogen) atoms. The molecule has 2 rings (SSSR count). The van der Waals surface area contributed by atoms with Gasteiger partial charge < -0.3 is 4.90 Å². The number of sulfone groups is 1. The van der Waals surface area contributed by atoms with Crippen LogP contribution in [0.1, 0.15) is 13.8 Å². The summed E-state index contributed by atoms with van der Waals surface area (Å²) in [5.41, 5.74) is 0. The zero-order valence-corrected chi connectivity index (χ0v) is 10.6. The number of rotatable bonds is 1. The highest BCUT2D eigenvalue weighted by Gasteiger charge is 2.48. The normalized spacial score (nSPS) is 35.4. The third-order valence-electron chi connectivity index (χ3n) is 2.65. The summed E-state index contributed by atoms with van der Waals surface area (Å²) in [6, 6.07) is 0.427. The summed E-state index contributed by atoms with van der Waals surface area (Å²) in [7, 11) is -2.82. The summed E-state index contributed by atoms with van der Waals surface area (Å²) in [6.45, 7) is 4.11. The maximum Gasteiger partial charge on any atom is 0.153 e. The predicted octanol–water partition coefficient (Wildman–Crippen LogP) is 0.894. The van der Waals surface area contributed by atoms with E-state index in [1.54, 1.807) is 11.8 Å². The highest BCUT2D eigenvalue weighted by atomic mass is 32.2. The molecule has 2 aliphatic heterocycles. The lowest BCUT2D eigenvalue weighted by Crippen LogP contribution is -2.41. The molecule has 2 atom stereocenters. The predicted molar refractivity (Wildman–Crippen MR) is 63.4 cm³/mol. The Bertz CT molecular complexity index is 363. The molecule has 6 heteroatoms. The molecule has 3 nitrogen and oxygen atoms in total. The molecule has 0 aromatic heterocycles. The van der Waals surface area contributed by atoms with Gasteiger partial charge in [0.25, 0.3) is 0 Å². The maximum atomic E-state index is 11.4. The van der Waals surface area contributed by atoms with Crippen molar-refractivity contribution in [1.82, 2.24) is 4.90 Å². The molecule has 0 spiro atoms. The molecule has 0 amide bonds. The van der Waals surface area contributed by atoms with Gasteiger partial charge in [-0.3, -0.25) is 0 Å². The Morgan fingerprint density at radius 2 is 2.14 bits per heavy atom. The van der Waals surface area contributed by atoms with Gasteiger partial charge in [-0.25, -0.2) is 8.42 Å². The summed E-state index contributed by atoms with van der Waals surface area (Å²) in [5, 5.41) is 0.176. The highest BCUT2D eigenvalue weighted by Crippen LogP contribution is 2.39. The van der Waals surface area contributed by atoms with Crippen LogP contribution in [0.15, 0.2) is 0 Å². The van der Waals surface area contributed by atoms with Crippen LogP contribution in [-0.2, 0) is 9.84 Å². The molecule has 2 saturated heterocycles. The van der Waals surface area contributed by atoms with Crippen LogP contribution in [0.5, 0.6) is 0 Å². The minimum absolute atomic E-state index is 0.123. The summed E-state index contributed by atoms with van der Waals surface area (Å²) >= 11 is 6.79. The molecule has 0 unspecified atom stereocenters. The molecular weight excluding hydrogens is 238 g/mol. The maximum absolute atomic E-state index is 11.4. The molecule has 0 aliphatic carbocycles. The van der Waals surface area contributed by atoms with Crippen molar-refractivity contribution in [1.29, 1.82) is 0 Å². The van der Waals surface area contributed by atoms with Gasteiger partial charge in [0.1, 0.15) is 4.32 Å². The fourth-order valence-electron chi connectivity index (χ4n) is 2.09. The zero-order chi connectivity index (χ0) is 10.5. The second-order valence-electron chi connectivity index (χ2n) is 4.07. The lowest BCUT2D eigenvalue weighted by molar-refractivity contribution is 0.304. The SMILES string of the molecule is CC(C)N1C(=S)S[C@@H]2CS(=O)(=O)C[C@H]21. The number of hydrogen-bond acceptors (Lipinski definition) is 4. The van der Waals surface area contributed by atoms with Gasteiger partial charge in [-0.1, -0.05) is 24.0 Å². The first kappa shape index (κ1) is 10.7. The van der Waals surface area contributed by atoms with Crippen molar-refractivity contribution in [2.24, 2.45) is 0 Å². The van der Waals surface area contributed by atoms with E-state index in [0.717, 1.165) is 4.32 Å². The topological polar surface area (TPSA) is 37.4 Å². The van der Waals surface area contributed by atoms with Gasteiger partial charge >= 0.3 is 0 Å². The van der Waals surface area contributed by atoms with Crippen molar-refractivity contribution in [3.8, 4) is 0 Å². The zero-order valence-electron chi connectivity index (χ0n) is 8.13. The van der Waals surface area contributed by atoms with Gasteiger partial charge in [-0.15, -0.1) is 0 Å². The molecule has 2 fully saturated rings. The van der Waals surface area contributed by atoms with Gasteiger partial charge in [0.05, 0.1) is 17.5 Å². The van der Waals surface area contributed by atoms with Gasteiger partial charge in [0.15, 0.2) is 9.84 Å². The number of thioether (sulfide) groups is 1. The van der Waals surface area contributed by atoms with E-state index in [2.05, 4.69) is 18.7 Å². The van der Waals surface area contributed by atoms with Gasteiger partial charge in [0.2, 0.25) is 0 Å². The Labute approximate surface area is 94.1 Å². The summed E-state index contributed by atoms with van der Waals surface area (Å²) in [5.74, 6) is 0.578. The van der Waals surface area contributed by atoms with E-state index in [0.29, 0.717) is 11.8 Å². The van der Waals surface area contributed by atoms with Crippen molar-refractivity contribution in [3.63, 3.8) is 0 Å². The molecular formula is C8H13NO2S3. The van der Waals surface area contributed by atoms with E-state index in [-0.39, 0.29) is 17.0 Å². The Balaban J connectivity index is 2.26. The fourth-order valence-corrected chi connectivity index (χ4v) is 6.70. The standard InChI is InChI=1S/C8H13NO2S3/c1-5(2)9-6-3-14(10,11)4-7(6)13-8(9)12/h5-7H,3-4H2,1-2H3/t6-,7-/m1/s1. The molecule has 2 aliphatic rings. The molecule has 0 aromatic rings. The molecule has 0 N–H and O–H groups in total. The molecule has 2 heterocycles. The third kappa shape index (κ3) is 1.67. The Hall–Kier alpha value is 0.190. The Kier molecular flexibility index (Phi) is 2.56. The monoisotopic (exact) mass is 251 g/mol. The van der Waals surface area contributed by atoms with Gasteiger partial charge in [0, 0.05) is 11.3 Å². The summed E-state index contributed by atoms with van der Waals surface area (Å²) < 4.78 is 23.7. The average molecular weight is 251 g/mol. The van der Waals surface area contributed by atoms with Crippen LogP contribution in [0.3, 0.4) is 0 Å². The van der Waals surface area contributed by atoms with Gasteiger partial charge in [-0.05, 0) is 13.8 Å². The lowest BCUT2D eigenvalue weighted by Gasteiger charge is -2.27. The van der Waals surface area contributed by atoms with Crippen LogP contribution in [-0.4, -0.2) is 46.5 Å². The smallest absolute Gasteiger partial charge is 0.153 e. The van der Waals surface area contributed by atoms with Crippen LogP contribution in [0.25, 0.3) is 0 Å². The Morgan fingerprint density at radius 1 is 1.50 bits per heavy atom. The average Bonchev–Trinajstić information content (AvgIpc) is 2.37.